The van der Waals surface area contributed by atoms with Crippen LogP contribution in [0.2, 0.25) is 0 Å². The van der Waals surface area contributed by atoms with Gasteiger partial charge in [0.1, 0.15) is 18.7 Å². The van der Waals surface area contributed by atoms with Crippen LogP contribution >= 0.6 is 0 Å². The maximum absolute atomic E-state index is 12.2. The first-order valence-electron chi connectivity index (χ1n) is 5.76. The lowest BCUT2D eigenvalue weighted by Gasteiger charge is -2.19. The van der Waals surface area contributed by atoms with Crippen molar-refractivity contribution in [1.82, 2.24) is 4.90 Å². The summed E-state index contributed by atoms with van der Waals surface area (Å²) in [5, 5.41) is 19.7. The van der Waals surface area contributed by atoms with Crippen molar-refractivity contribution in [2.24, 2.45) is 5.73 Å². The molecule has 9 nitrogen and oxygen atoms in total. The van der Waals surface area contributed by atoms with E-state index in [9.17, 15) is 24.5 Å². The Hall–Kier alpha value is -2.97. The van der Waals surface area contributed by atoms with Crippen molar-refractivity contribution in [2.75, 3.05) is 13.1 Å². The number of hydrogen-bond acceptors (Lipinski definition) is 5. The van der Waals surface area contributed by atoms with Crippen LogP contribution in [0.25, 0.3) is 0 Å². The second kappa shape index (κ2) is 6.46. The van der Waals surface area contributed by atoms with Crippen molar-refractivity contribution in [3.63, 3.8) is 0 Å². The van der Waals surface area contributed by atoms with E-state index in [1.807, 2.05) is 0 Å². The molecule has 1 rings (SSSR count). The molecule has 0 heterocycles. The van der Waals surface area contributed by atoms with E-state index < -0.39 is 41.5 Å². The van der Waals surface area contributed by atoms with Crippen molar-refractivity contribution in [3.05, 3.63) is 39.4 Å². The zero-order chi connectivity index (χ0) is 16.2. The standard InChI is InChI=1S/C12H13N3O6/c1-7-2-3-9(15(20)21)8(4-7)12(19)14(5-10(13)16)6-11(17)18/h2-4H,5-6H2,1H3,(H2,13,16)(H,17,18). The highest BCUT2D eigenvalue weighted by Gasteiger charge is 2.27. The third kappa shape index (κ3) is 4.27. The Balaban J connectivity index is 3.24. The quantitative estimate of drug-likeness (QED) is 0.554. The molecule has 0 aliphatic heterocycles. The van der Waals surface area contributed by atoms with Gasteiger partial charge in [-0.25, -0.2) is 0 Å². The molecule has 0 saturated heterocycles. The van der Waals surface area contributed by atoms with Gasteiger partial charge in [-0.05, 0) is 18.6 Å². The molecule has 112 valence electrons. The number of nitro groups is 1. The number of carboxylic acid groups (broad SMARTS) is 1. The number of benzene rings is 1. The monoisotopic (exact) mass is 295 g/mol. The number of aryl methyl sites for hydroxylation is 1. The van der Waals surface area contributed by atoms with Gasteiger partial charge in [0.25, 0.3) is 11.6 Å². The van der Waals surface area contributed by atoms with Crippen LogP contribution in [0, 0.1) is 17.0 Å². The van der Waals surface area contributed by atoms with Crippen LogP contribution in [-0.4, -0.2) is 45.8 Å². The van der Waals surface area contributed by atoms with Gasteiger partial charge in [0.2, 0.25) is 5.91 Å². The minimum absolute atomic E-state index is 0.289. The van der Waals surface area contributed by atoms with Gasteiger partial charge in [-0.2, -0.15) is 0 Å². The predicted molar refractivity (Wildman–Crippen MR) is 70.6 cm³/mol. The number of amides is 2. The van der Waals surface area contributed by atoms with Gasteiger partial charge in [0, 0.05) is 6.07 Å². The number of nitro benzene ring substituents is 1. The van der Waals surface area contributed by atoms with Gasteiger partial charge in [-0.1, -0.05) is 6.07 Å². The van der Waals surface area contributed by atoms with E-state index in [1.54, 1.807) is 6.92 Å². The molecule has 0 fully saturated rings. The molecule has 0 aliphatic carbocycles. The normalized spacial score (nSPS) is 9.95. The Kier molecular flexibility index (Phi) is 4.95. The number of nitrogens with zero attached hydrogens (tertiary/aromatic N) is 2. The molecule has 9 heteroatoms. The van der Waals surface area contributed by atoms with Crippen LogP contribution in [0.5, 0.6) is 0 Å². The maximum atomic E-state index is 12.2. The highest BCUT2D eigenvalue weighted by Crippen LogP contribution is 2.21. The van der Waals surface area contributed by atoms with Gasteiger partial charge in [0.05, 0.1) is 4.92 Å². The summed E-state index contributed by atoms with van der Waals surface area (Å²) in [6.07, 6.45) is 0. The van der Waals surface area contributed by atoms with E-state index in [4.69, 9.17) is 10.8 Å². The van der Waals surface area contributed by atoms with Crippen LogP contribution < -0.4 is 5.73 Å². The largest absolute Gasteiger partial charge is 0.480 e. The molecular weight excluding hydrogens is 282 g/mol. The minimum atomic E-state index is -1.36. The number of carbonyl (C=O) groups is 3. The summed E-state index contributed by atoms with van der Waals surface area (Å²) < 4.78 is 0. The number of aliphatic carboxylic acids is 1. The Labute approximate surface area is 119 Å². The molecule has 0 aromatic heterocycles. The summed E-state index contributed by atoms with van der Waals surface area (Å²) in [4.78, 5) is 44.7. The summed E-state index contributed by atoms with van der Waals surface area (Å²) in [6, 6.07) is 3.85. The zero-order valence-electron chi connectivity index (χ0n) is 11.1. The summed E-state index contributed by atoms with van der Waals surface area (Å²) in [7, 11) is 0. The first kappa shape index (κ1) is 16.1. The first-order valence-corrected chi connectivity index (χ1v) is 5.76. The van der Waals surface area contributed by atoms with E-state index in [1.165, 1.54) is 12.1 Å². The van der Waals surface area contributed by atoms with Crippen molar-refractivity contribution >= 4 is 23.5 Å². The molecule has 3 N–H and O–H groups in total. The predicted octanol–water partition coefficient (Wildman–Crippen LogP) is -0.0847. The third-order valence-electron chi connectivity index (χ3n) is 2.54. The van der Waals surface area contributed by atoms with Gasteiger partial charge in [0.15, 0.2) is 0 Å². The molecule has 0 spiro atoms. The second-order valence-corrected chi connectivity index (χ2v) is 4.30. The lowest BCUT2D eigenvalue weighted by atomic mass is 10.1. The number of carbonyl (C=O) groups excluding carboxylic acids is 2. The highest BCUT2D eigenvalue weighted by molar-refractivity contribution is 6.01. The number of hydrogen-bond donors (Lipinski definition) is 2. The molecular formula is C12H13N3O6. The van der Waals surface area contributed by atoms with E-state index in [0.29, 0.717) is 10.5 Å². The highest BCUT2D eigenvalue weighted by atomic mass is 16.6. The Bertz CT molecular complexity index is 597. The molecule has 0 aliphatic rings. The minimum Gasteiger partial charge on any atom is -0.480 e. The summed E-state index contributed by atoms with van der Waals surface area (Å²) in [5.41, 5.74) is 4.78. The number of nitrogens with two attached hydrogens (primary N) is 1. The summed E-state index contributed by atoms with van der Waals surface area (Å²) in [6.45, 7) is 0.194. The number of rotatable bonds is 6. The summed E-state index contributed by atoms with van der Waals surface area (Å²) in [5.74, 6) is -3.22. The van der Waals surface area contributed by atoms with Crippen LogP contribution in [0.3, 0.4) is 0 Å². The summed E-state index contributed by atoms with van der Waals surface area (Å²) >= 11 is 0. The van der Waals surface area contributed by atoms with Crippen LogP contribution in [0.4, 0.5) is 5.69 Å². The molecule has 21 heavy (non-hydrogen) atoms. The molecule has 0 unspecified atom stereocenters. The van der Waals surface area contributed by atoms with E-state index >= 15 is 0 Å². The molecule has 0 saturated carbocycles. The second-order valence-electron chi connectivity index (χ2n) is 4.30. The topological polar surface area (TPSA) is 144 Å². The fourth-order valence-corrected chi connectivity index (χ4v) is 1.70. The van der Waals surface area contributed by atoms with Crippen LogP contribution in [0.1, 0.15) is 15.9 Å². The Morgan fingerprint density at radius 1 is 1.33 bits per heavy atom. The Morgan fingerprint density at radius 2 is 1.95 bits per heavy atom. The van der Waals surface area contributed by atoms with Crippen molar-refractivity contribution in [2.45, 2.75) is 6.92 Å². The molecule has 2 amide bonds. The van der Waals surface area contributed by atoms with Gasteiger partial charge in [-0.3, -0.25) is 24.5 Å². The molecule has 1 aromatic carbocycles. The molecule has 1 aromatic rings. The SMILES string of the molecule is Cc1ccc([N+](=O)[O-])c(C(=O)N(CC(N)=O)CC(=O)O)c1. The molecule has 0 bridgehead atoms. The van der Waals surface area contributed by atoms with E-state index in [0.717, 1.165) is 6.07 Å². The van der Waals surface area contributed by atoms with Crippen molar-refractivity contribution in [1.29, 1.82) is 0 Å². The average molecular weight is 295 g/mol. The van der Waals surface area contributed by atoms with Gasteiger partial charge >= 0.3 is 5.97 Å². The fourth-order valence-electron chi connectivity index (χ4n) is 1.70. The number of primary amides is 1. The first-order chi connectivity index (χ1) is 9.72. The van der Waals surface area contributed by atoms with E-state index in [-0.39, 0.29) is 5.56 Å². The van der Waals surface area contributed by atoms with Gasteiger partial charge < -0.3 is 15.7 Å². The third-order valence-corrected chi connectivity index (χ3v) is 2.54. The van der Waals surface area contributed by atoms with E-state index in [2.05, 4.69) is 0 Å². The zero-order valence-corrected chi connectivity index (χ0v) is 11.1. The van der Waals surface area contributed by atoms with Crippen molar-refractivity contribution < 1.29 is 24.4 Å². The molecule has 0 atom stereocenters. The Morgan fingerprint density at radius 3 is 2.43 bits per heavy atom. The lowest BCUT2D eigenvalue weighted by Crippen LogP contribution is -2.41. The van der Waals surface area contributed by atoms with Crippen LogP contribution in [0.15, 0.2) is 18.2 Å². The maximum Gasteiger partial charge on any atom is 0.323 e. The number of carboxylic acids is 1. The molecule has 0 radical (unpaired) electrons. The van der Waals surface area contributed by atoms with Gasteiger partial charge in [-0.15, -0.1) is 0 Å². The van der Waals surface area contributed by atoms with Crippen LogP contribution in [-0.2, 0) is 9.59 Å². The lowest BCUT2D eigenvalue weighted by molar-refractivity contribution is -0.385. The fraction of sp³-hybridized carbons (Fsp3) is 0.250. The van der Waals surface area contributed by atoms with Crippen molar-refractivity contribution in [3.8, 4) is 0 Å². The smallest absolute Gasteiger partial charge is 0.323 e. The average Bonchev–Trinajstić information content (AvgIpc) is 2.35.